The van der Waals surface area contributed by atoms with E-state index in [4.69, 9.17) is 17.1 Å². The average Bonchev–Trinajstić information content (AvgIpc) is 2.56. The lowest BCUT2D eigenvalue weighted by molar-refractivity contribution is 0.105. The van der Waals surface area contributed by atoms with Crippen molar-refractivity contribution in [2.45, 2.75) is 25.8 Å². The molecule has 1 unspecified atom stereocenters. The van der Waals surface area contributed by atoms with Gasteiger partial charge < -0.3 is 15.2 Å². The van der Waals surface area contributed by atoms with E-state index in [-0.39, 0.29) is 0 Å². The van der Waals surface area contributed by atoms with Gasteiger partial charge in [0.25, 0.3) is 0 Å². The van der Waals surface area contributed by atoms with Gasteiger partial charge in [-0.25, -0.2) is 0 Å². The zero-order valence-electron chi connectivity index (χ0n) is 19.2. The number of hydrogen-bond donors (Lipinski definition) is 2. The van der Waals surface area contributed by atoms with Crippen LogP contribution in [0.3, 0.4) is 0 Å². The molecule has 0 radical (unpaired) electrons. The molecule has 102 valence electrons. The maximum Gasteiger partial charge on any atom is 0.127 e. The molecule has 3 heteroatoms. The van der Waals surface area contributed by atoms with Crippen molar-refractivity contribution in [1.29, 1.82) is 0 Å². The van der Waals surface area contributed by atoms with E-state index in [0.717, 1.165) is 5.39 Å². The average molecular weight is 268 g/mol. The van der Waals surface area contributed by atoms with Gasteiger partial charge in [0, 0.05) is 28.9 Å². The van der Waals surface area contributed by atoms with E-state index in [1.165, 1.54) is 0 Å². The molecule has 0 aliphatic carbocycles. The van der Waals surface area contributed by atoms with E-state index < -0.39 is 38.9 Å². The molecular weight excluding hydrogens is 238 g/mol. The Morgan fingerprint density at radius 2 is 2.11 bits per heavy atom. The monoisotopic (exact) mass is 268 g/mol. The largest absolute Gasteiger partial charge is 0.490 e. The van der Waals surface area contributed by atoms with Gasteiger partial charge in [-0.15, -0.1) is 0 Å². The molecule has 0 fully saturated rings. The third-order valence-electron chi connectivity index (χ3n) is 2.47. The first-order valence-corrected chi connectivity index (χ1v) is 5.76. The molecular formula is C16H21NO2. The number of hydrogen-bond acceptors (Lipinski definition) is 3. The van der Waals surface area contributed by atoms with Crippen molar-refractivity contribution in [3.8, 4) is 5.75 Å². The Morgan fingerprint density at radius 1 is 1.32 bits per heavy atom. The van der Waals surface area contributed by atoms with Crippen LogP contribution in [0.4, 0.5) is 0 Å². The van der Waals surface area contributed by atoms with Crippen LogP contribution in [-0.2, 0) is 0 Å². The number of fused-ring (bicyclic) bond motifs is 1. The first-order valence-electron chi connectivity index (χ1n) is 10.3. The summed E-state index contributed by atoms with van der Waals surface area (Å²) in [5.41, 5.74) is 0. The maximum atomic E-state index is 10.3. The minimum atomic E-state index is -3.09. The van der Waals surface area contributed by atoms with E-state index in [1.54, 1.807) is 29.6 Å². The normalized spacial score (nSPS) is 23.6. The first-order chi connectivity index (χ1) is 12.7. The number of rotatable bonds is 6. The number of nitrogens with one attached hydrogen (secondary N) is 1. The molecule has 0 aliphatic rings. The lowest BCUT2D eigenvalue weighted by Crippen LogP contribution is -2.35. The van der Waals surface area contributed by atoms with Gasteiger partial charge in [0.1, 0.15) is 18.4 Å². The maximum absolute atomic E-state index is 10.3. The van der Waals surface area contributed by atoms with Crippen LogP contribution in [0.1, 0.15) is 26.0 Å². The molecule has 0 saturated heterocycles. The molecule has 0 amide bonds. The predicted molar refractivity (Wildman–Crippen MR) is 78.6 cm³/mol. The molecule has 0 spiro atoms. The van der Waals surface area contributed by atoms with Crippen LogP contribution in [0.5, 0.6) is 5.75 Å². The summed E-state index contributed by atoms with van der Waals surface area (Å²) in [5.74, 6) is 0.294. The van der Waals surface area contributed by atoms with Crippen LogP contribution < -0.4 is 10.1 Å². The fourth-order valence-electron chi connectivity index (χ4n) is 1.66. The summed E-state index contributed by atoms with van der Waals surface area (Å²) in [6.45, 7) is -10.1. The fraction of sp³-hybridized carbons (Fsp3) is 0.375. The standard InChI is InChI=1S/C16H21NO2/c1-12(2)17-10-14(18)11-19-16-9-5-7-13-6-3-4-8-15(13)16/h3-9,12,14,17-18H,10-11H2,1-2H3/i1D3,2D3,10D2,14D. The molecule has 0 heterocycles. The summed E-state index contributed by atoms with van der Waals surface area (Å²) in [7, 11) is 0. The molecule has 0 bridgehead atoms. The van der Waals surface area contributed by atoms with Crippen molar-refractivity contribution < 1.29 is 22.2 Å². The highest BCUT2D eigenvalue weighted by Gasteiger charge is 2.07. The molecule has 0 saturated carbocycles. The highest BCUT2D eigenvalue weighted by molar-refractivity contribution is 5.88. The van der Waals surface area contributed by atoms with Crippen molar-refractivity contribution in [1.82, 2.24) is 5.32 Å². The second kappa shape index (κ2) is 6.55. The summed E-state index contributed by atoms with van der Waals surface area (Å²) in [6, 6.07) is 9.98. The lowest BCUT2D eigenvalue weighted by atomic mass is 10.1. The fourth-order valence-corrected chi connectivity index (χ4v) is 1.66. The first kappa shape index (κ1) is 6.25. The van der Waals surface area contributed by atoms with E-state index >= 15 is 0 Å². The zero-order chi connectivity index (χ0) is 21.4. The molecule has 0 aliphatic heterocycles. The predicted octanol–water partition coefficient (Wildman–Crippen LogP) is 2.58. The molecule has 2 aromatic rings. The van der Waals surface area contributed by atoms with Gasteiger partial charge in [-0.05, 0) is 11.5 Å². The summed E-state index contributed by atoms with van der Waals surface area (Å²) in [5, 5.41) is 13.6. The molecule has 1 atom stereocenters. The molecule has 19 heavy (non-hydrogen) atoms. The Morgan fingerprint density at radius 3 is 2.95 bits per heavy atom. The summed E-state index contributed by atoms with van der Waals surface area (Å²) in [4.78, 5) is 0. The van der Waals surface area contributed by atoms with E-state index in [9.17, 15) is 5.11 Å². The van der Waals surface area contributed by atoms with Crippen LogP contribution in [0.25, 0.3) is 10.8 Å². The van der Waals surface area contributed by atoms with Crippen LogP contribution in [-0.4, -0.2) is 30.3 Å². The second-order valence-corrected chi connectivity index (χ2v) is 3.92. The molecule has 2 aromatic carbocycles. The number of aliphatic hydroxyl groups is 1. The summed E-state index contributed by atoms with van der Waals surface area (Å²) >= 11 is 0. The lowest BCUT2D eigenvalue weighted by Gasteiger charge is -2.15. The van der Waals surface area contributed by atoms with E-state index in [1.807, 2.05) is 18.2 Å². The minimum Gasteiger partial charge on any atom is -0.490 e. The van der Waals surface area contributed by atoms with Crippen LogP contribution in [0.2, 0.25) is 0 Å². The third-order valence-corrected chi connectivity index (χ3v) is 2.47. The highest BCUT2D eigenvalue weighted by atomic mass is 16.5. The summed E-state index contributed by atoms with van der Waals surface area (Å²) in [6.07, 6.45) is -2.97. The van der Waals surface area contributed by atoms with Gasteiger partial charge in [-0.1, -0.05) is 50.1 Å². The molecule has 2 N–H and O–H groups in total. The van der Waals surface area contributed by atoms with Gasteiger partial charge in [0.05, 0.1) is 1.37 Å². The Hall–Kier alpha value is -1.58. The Kier molecular flexibility index (Phi) is 2.15. The Balaban J connectivity index is 2.22. The SMILES string of the molecule is [2H]C([2H])([2H])C(NC([2H])([2H])C([2H])(O)COc1cccc2ccccc12)C([2H])([2H])[2H]. The van der Waals surface area contributed by atoms with Crippen LogP contribution in [0.15, 0.2) is 42.5 Å². The Bertz CT molecular complexity index is 798. The van der Waals surface area contributed by atoms with E-state index in [2.05, 4.69) is 0 Å². The molecule has 2 rings (SSSR count). The molecule has 3 nitrogen and oxygen atoms in total. The van der Waals surface area contributed by atoms with Gasteiger partial charge in [0.15, 0.2) is 0 Å². The Labute approximate surface area is 126 Å². The minimum absolute atomic E-state index is 0.294. The van der Waals surface area contributed by atoms with Gasteiger partial charge in [0.2, 0.25) is 0 Å². The van der Waals surface area contributed by atoms with Gasteiger partial charge in [-0.2, -0.15) is 0 Å². The van der Waals surface area contributed by atoms with Gasteiger partial charge in [-0.3, -0.25) is 0 Å². The highest BCUT2D eigenvalue weighted by Crippen LogP contribution is 2.25. The summed E-state index contributed by atoms with van der Waals surface area (Å²) < 4.78 is 73.1. The van der Waals surface area contributed by atoms with Crippen LogP contribution in [0, 0.1) is 0 Å². The second-order valence-electron chi connectivity index (χ2n) is 3.92. The molecule has 0 aromatic heterocycles. The topological polar surface area (TPSA) is 41.5 Å². The van der Waals surface area contributed by atoms with Crippen molar-refractivity contribution in [2.24, 2.45) is 0 Å². The zero-order valence-corrected chi connectivity index (χ0v) is 10.2. The van der Waals surface area contributed by atoms with Crippen molar-refractivity contribution in [2.75, 3.05) is 13.1 Å². The smallest absolute Gasteiger partial charge is 0.127 e. The van der Waals surface area contributed by atoms with Crippen molar-refractivity contribution in [3.63, 3.8) is 0 Å². The van der Waals surface area contributed by atoms with Crippen molar-refractivity contribution >= 4 is 10.8 Å². The number of benzene rings is 2. The third kappa shape index (κ3) is 3.94. The quantitative estimate of drug-likeness (QED) is 0.846. The van der Waals surface area contributed by atoms with E-state index in [0.29, 0.717) is 11.1 Å². The van der Waals surface area contributed by atoms with Crippen LogP contribution >= 0.6 is 0 Å². The van der Waals surface area contributed by atoms with Crippen molar-refractivity contribution in [3.05, 3.63) is 42.5 Å². The van der Waals surface area contributed by atoms with Gasteiger partial charge >= 0.3 is 0 Å². The number of ether oxygens (including phenoxy) is 1.